The zero-order valence-electron chi connectivity index (χ0n) is 20.9. The molecule has 3 aliphatic rings. The highest BCUT2D eigenvalue weighted by molar-refractivity contribution is 6.21. The minimum Gasteiger partial charge on any atom is -0.493 e. The van der Waals surface area contributed by atoms with Crippen molar-refractivity contribution in [2.45, 2.75) is 38.1 Å². The van der Waals surface area contributed by atoms with Gasteiger partial charge in [-0.2, -0.15) is 0 Å². The second-order valence-corrected chi connectivity index (χ2v) is 9.81. The number of amides is 3. The van der Waals surface area contributed by atoms with Crippen LogP contribution in [0.3, 0.4) is 0 Å². The van der Waals surface area contributed by atoms with E-state index in [2.05, 4.69) is 0 Å². The number of carboxylic acids is 1. The largest absolute Gasteiger partial charge is 0.493 e. The molecule has 0 bridgehead atoms. The molecule has 0 saturated heterocycles. The first kappa shape index (κ1) is 24.8. The van der Waals surface area contributed by atoms with Crippen LogP contribution in [-0.2, 0) is 16.0 Å². The van der Waals surface area contributed by atoms with Crippen LogP contribution in [0.4, 0.5) is 0 Å². The summed E-state index contributed by atoms with van der Waals surface area (Å²) in [4.78, 5) is 55.2. The molecule has 2 heterocycles. The molecule has 194 valence electrons. The van der Waals surface area contributed by atoms with Gasteiger partial charge >= 0.3 is 5.97 Å². The molecule has 1 aliphatic carbocycles. The zero-order chi connectivity index (χ0) is 26.3. The topological polar surface area (TPSA) is 113 Å². The molecule has 0 unspecified atom stereocenters. The Morgan fingerprint density at radius 3 is 2.14 bits per heavy atom. The molecule has 1 N–H and O–H groups in total. The molecule has 5 rings (SSSR count). The van der Waals surface area contributed by atoms with Gasteiger partial charge in [-0.05, 0) is 54.7 Å². The predicted molar refractivity (Wildman–Crippen MR) is 133 cm³/mol. The number of imide groups is 1. The van der Waals surface area contributed by atoms with E-state index < -0.39 is 35.7 Å². The smallest absolute Gasteiger partial charge is 0.307 e. The first-order valence-corrected chi connectivity index (χ1v) is 12.6. The van der Waals surface area contributed by atoms with Crippen molar-refractivity contribution in [1.82, 2.24) is 9.80 Å². The number of methoxy groups -OCH3 is 2. The van der Waals surface area contributed by atoms with Crippen molar-refractivity contribution in [1.29, 1.82) is 0 Å². The lowest BCUT2D eigenvalue weighted by molar-refractivity contribution is -0.153. The molecule has 2 aromatic rings. The molecule has 2 aromatic carbocycles. The lowest BCUT2D eigenvalue weighted by Crippen LogP contribution is -2.50. The molecule has 3 amide bonds. The van der Waals surface area contributed by atoms with Gasteiger partial charge in [-0.3, -0.25) is 24.1 Å². The summed E-state index contributed by atoms with van der Waals surface area (Å²) in [5.74, 6) is -2.36. The van der Waals surface area contributed by atoms with E-state index in [4.69, 9.17) is 9.47 Å². The Balaban J connectivity index is 1.55. The summed E-state index contributed by atoms with van der Waals surface area (Å²) < 4.78 is 11.0. The second-order valence-electron chi connectivity index (χ2n) is 9.81. The Bertz CT molecular complexity index is 1240. The molecule has 37 heavy (non-hydrogen) atoms. The lowest BCUT2D eigenvalue weighted by atomic mass is 9.77. The van der Waals surface area contributed by atoms with Crippen LogP contribution < -0.4 is 9.47 Å². The summed E-state index contributed by atoms with van der Waals surface area (Å²) in [6.45, 7) is 0.309. The van der Waals surface area contributed by atoms with Crippen molar-refractivity contribution in [3.8, 4) is 11.5 Å². The van der Waals surface area contributed by atoms with Crippen molar-refractivity contribution in [3.63, 3.8) is 0 Å². The Morgan fingerprint density at radius 2 is 1.54 bits per heavy atom. The van der Waals surface area contributed by atoms with Crippen LogP contribution in [0.5, 0.6) is 11.5 Å². The average molecular weight is 507 g/mol. The summed E-state index contributed by atoms with van der Waals surface area (Å²) in [6, 6.07) is 9.70. The normalized spacial score (nSPS) is 22.9. The van der Waals surface area contributed by atoms with E-state index in [0.29, 0.717) is 48.4 Å². The van der Waals surface area contributed by atoms with Crippen molar-refractivity contribution >= 4 is 23.7 Å². The van der Waals surface area contributed by atoms with Crippen molar-refractivity contribution in [2.24, 2.45) is 11.8 Å². The fourth-order valence-electron chi connectivity index (χ4n) is 6.00. The maximum absolute atomic E-state index is 13.9. The van der Waals surface area contributed by atoms with E-state index >= 15 is 0 Å². The summed E-state index contributed by atoms with van der Waals surface area (Å²) >= 11 is 0. The number of carbonyl (C=O) groups is 4. The Kier molecular flexibility index (Phi) is 6.62. The molecule has 0 radical (unpaired) electrons. The molecular formula is C28H30N2O7. The predicted octanol–water partition coefficient (Wildman–Crippen LogP) is 3.32. The Morgan fingerprint density at radius 1 is 0.946 bits per heavy atom. The Labute approximate surface area is 214 Å². The van der Waals surface area contributed by atoms with Crippen LogP contribution >= 0.6 is 0 Å². The van der Waals surface area contributed by atoms with E-state index in [1.807, 2.05) is 6.07 Å². The number of rotatable bonds is 6. The fraction of sp³-hybridized carbons (Fsp3) is 0.429. The summed E-state index contributed by atoms with van der Waals surface area (Å²) in [6.07, 6.45) is 3.07. The highest BCUT2D eigenvalue weighted by atomic mass is 16.5. The molecule has 3 atom stereocenters. The first-order valence-electron chi connectivity index (χ1n) is 12.6. The van der Waals surface area contributed by atoms with Crippen LogP contribution in [-0.4, -0.2) is 65.9 Å². The molecule has 9 heteroatoms. The average Bonchev–Trinajstić information content (AvgIpc) is 3.16. The van der Waals surface area contributed by atoms with Crippen molar-refractivity contribution in [3.05, 3.63) is 58.7 Å². The van der Waals surface area contributed by atoms with E-state index in [1.165, 1.54) is 12.0 Å². The third kappa shape index (κ3) is 4.22. The minimum atomic E-state index is -0.959. The lowest BCUT2D eigenvalue weighted by Gasteiger charge is -2.42. The molecule has 0 spiro atoms. The summed E-state index contributed by atoms with van der Waals surface area (Å²) in [5.41, 5.74) is 2.37. The summed E-state index contributed by atoms with van der Waals surface area (Å²) in [7, 11) is 3.07. The van der Waals surface area contributed by atoms with Crippen LogP contribution in [0.2, 0.25) is 0 Å². The molecule has 2 aliphatic heterocycles. The standard InChI is InChI=1S/C28H30N2O7/c1-36-23-13-16-11-12-29(25(31)19-9-5-6-10-20(19)28(34)35)22(21(16)14-24(23)37-2)15-30-26(32)17-7-3-4-8-18(17)27(30)33/h3-4,7-8,13-14,19-20,22H,5-6,9-12,15H2,1-2H3,(H,34,35)/t19-,20+,22+/m1/s1. The number of hydrogen-bond acceptors (Lipinski definition) is 6. The molecular weight excluding hydrogens is 476 g/mol. The monoisotopic (exact) mass is 506 g/mol. The van der Waals surface area contributed by atoms with Gasteiger partial charge in [0.1, 0.15) is 0 Å². The number of benzene rings is 2. The third-order valence-electron chi connectivity index (χ3n) is 7.92. The van der Waals surface area contributed by atoms with Gasteiger partial charge in [-0.15, -0.1) is 0 Å². The number of aliphatic carboxylic acids is 1. The number of nitrogens with zero attached hydrogens (tertiary/aromatic N) is 2. The first-order chi connectivity index (χ1) is 17.8. The van der Waals surface area contributed by atoms with Gasteiger partial charge in [0.25, 0.3) is 11.8 Å². The van der Waals surface area contributed by atoms with E-state index in [0.717, 1.165) is 24.0 Å². The summed E-state index contributed by atoms with van der Waals surface area (Å²) in [5, 5.41) is 9.81. The highest BCUT2D eigenvalue weighted by Crippen LogP contribution is 2.41. The maximum atomic E-state index is 13.9. The number of carbonyl (C=O) groups excluding carboxylic acids is 3. The molecule has 9 nitrogen and oxygen atoms in total. The molecule has 1 saturated carbocycles. The molecule has 1 fully saturated rings. The fourth-order valence-corrected chi connectivity index (χ4v) is 6.00. The van der Waals surface area contributed by atoms with Crippen molar-refractivity contribution in [2.75, 3.05) is 27.3 Å². The molecule has 0 aromatic heterocycles. The van der Waals surface area contributed by atoms with Gasteiger partial charge in [-0.25, -0.2) is 0 Å². The third-order valence-corrected chi connectivity index (χ3v) is 7.92. The van der Waals surface area contributed by atoms with Crippen LogP contribution in [0.15, 0.2) is 36.4 Å². The quantitative estimate of drug-likeness (QED) is 0.598. The van der Waals surface area contributed by atoms with Crippen molar-refractivity contribution < 1.29 is 33.8 Å². The van der Waals surface area contributed by atoms with Gasteiger partial charge in [0.05, 0.1) is 49.8 Å². The van der Waals surface area contributed by atoms with E-state index in [9.17, 15) is 24.3 Å². The van der Waals surface area contributed by atoms with Crippen LogP contribution in [0.1, 0.15) is 63.6 Å². The van der Waals surface area contributed by atoms with Gasteiger partial charge in [0.15, 0.2) is 11.5 Å². The number of hydrogen-bond donors (Lipinski definition) is 1. The number of ether oxygens (including phenoxy) is 2. The SMILES string of the molecule is COc1cc2c(cc1OC)[C@H](CN1C(=O)c3ccccc3C1=O)N(C(=O)[C@@H]1CCCC[C@@H]1C(=O)O)CC2. The van der Waals surface area contributed by atoms with Gasteiger partial charge in [-0.1, -0.05) is 25.0 Å². The van der Waals surface area contributed by atoms with Crippen LogP contribution in [0, 0.1) is 11.8 Å². The number of fused-ring (bicyclic) bond motifs is 2. The van der Waals surface area contributed by atoms with E-state index in [-0.39, 0.29) is 12.5 Å². The second kappa shape index (κ2) is 9.88. The highest BCUT2D eigenvalue weighted by Gasteiger charge is 2.44. The zero-order valence-corrected chi connectivity index (χ0v) is 20.9. The Hall–Kier alpha value is -3.88. The number of carboxylic acid groups (broad SMARTS) is 1. The van der Waals surface area contributed by atoms with Gasteiger partial charge < -0.3 is 19.5 Å². The van der Waals surface area contributed by atoms with Crippen LogP contribution in [0.25, 0.3) is 0 Å². The maximum Gasteiger partial charge on any atom is 0.307 e. The van der Waals surface area contributed by atoms with E-state index in [1.54, 1.807) is 42.3 Å². The minimum absolute atomic E-state index is 0.0367. The van der Waals surface area contributed by atoms with Gasteiger partial charge in [0, 0.05) is 6.54 Å². The van der Waals surface area contributed by atoms with Gasteiger partial charge in [0.2, 0.25) is 5.91 Å².